The average Bonchev–Trinajstić information content (AvgIpc) is 2.47. The normalized spacial score (nSPS) is 10.8. The van der Waals surface area contributed by atoms with Gasteiger partial charge in [0.2, 0.25) is 0 Å². The van der Waals surface area contributed by atoms with Gasteiger partial charge in [0.25, 0.3) is 5.56 Å². The summed E-state index contributed by atoms with van der Waals surface area (Å²) in [6, 6.07) is 15.4. The van der Waals surface area contributed by atoms with Crippen molar-refractivity contribution in [2.24, 2.45) is 0 Å². The van der Waals surface area contributed by atoms with Crippen LogP contribution >= 0.6 is 0 Å². The van der Waals surface area contributed by atoms with E-state index in [2.05, 4.69) is 0 Å². The highest BCUT2D eigenvalue weighted by atomic mass is 16.1. The Morgan fingerprint density at radius 1 is 1.05 bits per heavy atom. The number of hydrogen-bond donors (Lipinski definition) is 1. The van der Waals surface area contributed by atoms with E-state index in [9.17, 15) is 4.79 Å². The fourth-order valence-electron chi connectivity index (χ4n) is 2.41. The molecule has 0 amide bonds. The topological polar surface area (TPSA) is 48.0 Å². The molecular weight excluding hydrogens is 248 g/mol. The Morgan fingerprint density at radius 2 is 1.85 bits per heavy atom. The molecule has 0 atom stereocenters. The third-order valence-electron chi connectivity index (χ3n) is 3.71. The standard InChI is InChI=1S/C17H16N2O/c1-12-14(6-4-8-16(12)18)11-19-10-9-13-5-2-3-7-15(13)17(19)20/h2-10H,11,18H2,1H3. The number of nitrogen functional groups attached to an aromatic ring is 1. The van der Waals surface area contributed by atoms with Gasteiger partial charge in [-0.2, -0.15) is 0 Å². The predicted octanol–water partition coefficient (Wildman–Crippen LogP) is 2.94. The van der Waals surface area contributed by atoms with Crippen molar-refractivity contribution in [3.63, 3.8) is 0 Å². The Kier molecular flexibility index (Phi) is 3.03. The van der Waals surface area contributed by atoms with E-state index in [1.165, 1.54) is 0 Å². The first kappa shape index (κ1) is 12.5. The molecule has 1 aromatic heterocycles. The fraction of sp³-hybridized carbons (Fsp3) is 0.118. The number of nitrogens with two attached hydrogens (primary N) is 1. The number of fused-ring (bicyclic) bond motifs is 1. The molecule has 0 bridgehead atoms. The first-order valence-corrected chi connectivity index (χ1v) is 6.59. The molecule has 0 unspecified atom stereocenters. The zero-order chi connectivity index (χ0) is 14.1. The van der Waals surface area contributed by atoms with Crippen LogP contribution in [0.3, 0.4) is 0 Å². The van der Waals surface area contributed by atoms with Crippen molar-refractivity contribution < 1.29 is 0 Å². The Bertz CT molecular complexity index is 834. The van der Waals surface area contributed by atoms with Gasteiger partial charge >= 0.3 is 0 Å². The highest BCUT2D eigenvalue weighted by molar-refractivity contribution is 5.81. The van der Waals surface area contributed by atoms with E-state index in [0.717, 1.165) is 27.6 Å². The van der Waals surface area contributed by atoms with Crippen molar-refractivity contribution >= 4 is 16.5 Å². The van der Waals surface area contributed by atoms with E-state index in [0.29, 0.717) is 6.54 Å². The molecule has 3 nitrogen and oxygen atoms in total. The SMILES string of the molecule is Cc1c(N)cccc1Cn1ccc2ccccc2c1=O. The highest BCUT2D eigenvalue weighted by Gasteiger charge is 2.05. The van der Waals surface area contributed by atoms with E-state index in [4.69, 9.17) is 5.73 Å². The van der Waals surface area contributed by atoms with E-state index in [1.807, 2.05) is 61.7 Å². The molecule has 100 valence electrons. The lowest BCUT2D eigenvalue weighted by Gasteiger charge is -2.11. The maximum absolute atomic E-state index is 12.5. The molecule has 1 heterocycles. The van der Waals surface area contributed by atoms with E-state index in [1.54, 1.807) is 4.57 Å². The molecule has 3 heteroatoms. The minimum absolute atomic E-state index is 0.0323. The average molecular weight is 264 g/mol. The molecule has 0 radical (unpaired) electrons. The van der Waals surface area contributed by atoms with Gasteiger partial charge < -0.3 is 10.3 Å². The first-order chi connectivity index (χ1) is 9.66. The Morgan fingerprint density at radius 3 is 2.70 bits per heavy atom. The number of pyridine rings is 1. The summed E-state index contributed by atoms with van der Waals surface area (Å²) in [7, 11) is 0. The summed E-state index contributed by atoms with van der Waals surface area (Å²) in [6.07, 6.45) is 1.84. The van der Waals surface area contributed by atoms with Crippen molar-refractivity contribution in [3.05, 3.63) is 76.2 Å². The van der Waals surface area contributed by atoms with E-state index in [-0.39, 0.29) is 5.56 Å². The second-order valence-electron chi connectivity index (χ2n) is 4.97. The number of benzene rings is 2. The Balaban J connectivity index is 2.10. The lowest BCUT2D eigenvalue weighted by molar-refractivity contribution is 0.764. The molecular formula is C17H16N2O. The lowest BCUT2D eigenvalue weighted by Crippen LogP contribution is -2.20. The third-order valence-corrected chi connectivity index (χ3v) is 3.71. The van der Waals surface area contributed by atoms with Crippen molar-refractivity contribution in [1.82, 2.24) is 4.57 Å². The van der Waals surface area contributed by atoms with Gasteiger partial charge in [0.05, 0.1) is 6.54 Å². The molecule has 2 aromatic carbocycles. The van der Waals surface area contributed by atoms with Gasteiger partial charge in [-0.05, 0) is 41.6 Å². The van der Waals surface area contributed by atoms with Crippen LogP contribution in [0.5, 0.6) is 0 Å². The maximum atomic E-state index is 12.5. The van der Waals surface area contributed by atoms with E-state index < -0.39 is 0 Å². The zero-order valence-electron chi connectivity index (χ0n) is 11.3. The molecule has 0 spiro atoms. The smallest absolute Gasteiger partial charge is 0.258 e. The van der Waals surface area contributed by atoms with Gasteiger partial charge in [-0.1, -0.05) is 30.3 Å². The van der Waals surface area contributed by atoms with Crippen LogP contribution in [0.15, 0.2) is 59.5 Å². The molecule has 3 rings (SSSR count). The summed E-state index contributed by atoms with van der Waals surface area (Å²) < 4.78 is 1.73. The van der Waals surface area contributed by atoms with Crippen LogP contribution in [0, 0.1) is 6.92 Å². The number of aromatic nitrogens is 1. The molecule has 0 aliphatic rings. The quantitative estimate of drug-likeness (QED) is 0.723. The van der Waals surface area contributed by atoms with Gasteiger partial charge in [-0.3, -0.25) is 4.79 Å². The summed E-state index contributed by atoms with van der Waals surface area (Å²) in [4.78, 5) is 12.5. The molecule has 0 aliphatic heterocycles. The van der Waals surface area contributed by atoms with Gasteiger partial charge in [0.1, 0.15) is 0 Å². The Labute approximate surface area is 117 Å². The third kappa shape index (κ3) is 2.07. The summed E-state index contributed by atoms with van der Waals surface area (Å²) in [5.74, 6) is 0. The van der Waals surface area contributed by atoms with Crippen LogP contribution in [0.2, 0.25) is 0 Å². The molecule has 0 fully saturated rings. The van der Waals surface area contributed by atoms with Gasteiger partial charge in [-0.25, -0.2) is 0 Å². The monoisotopic (exact) mass is 264 g/mol. The van der Waals surface area contributed by atoms with Crippen LogP contribution in [0.25, 0.3) is 10.8 Å². The second-order valence-corrected chi connectivity index (χ2v) is 4.97. The van der Waals surface area contributed by atoms with Gasteiger partial charge in [-0.15, -0.1) is 0 Å². The number of hydrogen-bond acceptors (Lipinski definition) is 2. The summed E-state index contributed by atoms with van der Waals surface area (Å²) in [6.45, 7) is 2.53. The highest BCUT2D eigenvalue weighted by Crippen LogP contribution is 2.16. The summed E-state index contributed by atoms with van der Waals surface area (Å²) in [5, 5.41) is 1.72. The Hall–Kier alpha value is -2.55. The van der Waals surface area contributed by atoms with Crippen molar-refractivity contribution in [2.75, 3.05) is 5.73 Å². The fourth-order valence-corrected chi connectivity index (χ4v) is 2.41. The second kappa shape index (κ2) is 4.85. The minimum atomic E-state index is 0.0323. The zero-order valence-corrected chi connectivity index (χ0v) is 11.3. The largest absolute Gasteiger partial charge is 0.399 e. The number of anilines is 1. The maximum Gasteiger partial charge on any atom is 0.258 e. The molecule has 0 saturated heterocycles. The summed E-state index contributed by atoms with van der Waals surface area (Å²) in [5.41, 5.74) is 8.81. The number of rotatable bonds is 2. The summed E-state index contributed by atoms with van der Waals surface area (Å²) >= 11 is 0. The van der Waals surface area contributed by atoms with Crippen LogP contribution in [0.1, 0.15) is 11.1 Å². The molecule has 2 N–H and O–H groups in total. The van der Waals surface area contributed by atoms with Crippen molar-refractivity contribution in [2.45, 2.75) is 13.5 Å². The number of nitrogens with zero attached hydrogens (tertiary/aromatic N) is 1. The van der Waals surface area contributed by atoms with Gasteiger partial charge in [0.15, 0.2) is 0 Å². The molecule has 20 heavy (non-hydrogen) atoms. The van der Waals surface area contributed by atoms with Crippen LogP contribution in [0.4, 0.5) is 5.69 Å². The molecule has 0 aliphatic carbocycles. The lowest BCUT2D eigenvalue weighted by atomic mass is 10.1. The van der Waals surface area contributed by atoms with Crippen molar-refractivity contribution in [1.29, 1.82) is 0 Å². The molecule has 0 saturated carbocycles. The van der Waals surface area contributed by atoms with Crippen LogP contribution < -0.4 is 11.3 Å². The van der Waals surface area contributed by atoms with Gasteiger partial charge in [0, 0.05) is 17.3 Å². The first-order valence-electron chi connectivity index (χ1n) is 6.59. The van der Waals surface area contributed by atoms with E-state index >= 15 is 0 Å². The van der Waals surface area contributed by atoms with Crippen LogP contribution in [-0.2, 0) is 6.54 Å². The minimum Gasteiger partial charge on any atom is -0.399 e. The van der Waals surface area contributed by atoms with Crippen molar-refractivity contribution in [3.8, 4) is 0 Å². The molecule has 3 aromatic rings. The van der Waals surface area contributed by atoms with Crippen LogP contribution in [-0.4, -0.2) is 4.57 Å². The predicted molar refractivity (Wildman–Crippen MR) is 82.9 cm³/mol.